The van der Waals surface area contributed by atoms with Gasteiger partial charge in [-0.25, -0.2) is 24.9 Å². The molecule has 0 aliphatic heterocycles. The van der Waals surface area contributed by atoms with Crippen molar-refractivity contribution in [1.82, 2.24) is 34.9 Å². The van der Waals surface area contributed by atoms with Crippen LogP contribution in [0.15, 0.2) is 212 Å². The molecule has 12 aromatic rings. The number of rotatable bonds is 7. The highest BCUT2D eigenvalue weighted by Gasteiger charge is 2.42. The Hall–Kier alpha value is -9.73. The smallest absolute Gasteiger partial charge is 0.164 e. The van der Waals surface area contributed by atoms with Crippen LogP contribution in [-0.4, -0.2) is 46.4 Å². The van der Waals surface area contributed by atoms with Crippen LogP contribution >= 0.6 is 0 Å². The Kier molecular flexibility index (Phi) is 10.4. The monoisotopic (exact) mass is 991 g/mol. The summed E-state index contributed by atoms with van der Waals surface area (Å²) in [6.07, 6.45) is 14.8. The Morgan fingerprint density at radius 2 is 0.844 bits per heavy atom. The van der Waals surface area contributed by atoms with Crippen molar-refractivity contribution in [2.45, 2.75) is 45.4 Å². The molecule has 0 atom stereocenters. The maximum atomic E-state index is 5.37. The lowest BCUT2D eigenvalue weighted by atomic mass is 9.79. The number of aliphatic imine (C=N–C) groups is 2. The van der Waals surface area contributed by atoms with Crippen LogP contribution in [0.2, 0.25) is 0 Å². The molecule has 366 valence electrons. The Balaban J connectivity index is 0.868. The molecule has 0 fully saturated rings. The van der Waals surface area contributed by atoms with Gasteiger partial charge in [-0.05, 0) is 122 Å². The van der Waals surface area contributed by atoms with Crippen molar-refractivity contribution in [3.8, 4) is 56.4 Å². The van der Waals surface area contributed by atoms with Crippen LogP contribution in [0.25, 0.3) is 105 Å². The van der Waals surface area contributed by atoms with Crippen molar-refractivity contribution in [2.24, 2.45) is 9.98 Å². The summed E-state index contributed by atoms with van der Waals surface area (Å²) in [5.41, 5.74) is 16.2. The van der Waals surface area contributed by atoms with Crippen molar-refractivity contribution in [1.29, 1.82) is 0 Å². The minimum atomic E-state index is -0.349. The van der Waals surface area contributed by atoms with Crippen LogP contribution in [0.3, 0.4) is 0 Å². The number of hydrogen-bond donors (Lipinski definition) is 0. The lowest BCUT2D eigenvalue weighted by Gasteiger charge is -2.24. The third-order valence-corrected chi connectivity index (χ3v) is 16.1. The third-order valence-electron chi connectivity index (χ3n) is 16.1. The van der Waals surface area contributed by atoms with Crippen LogP contribution in [0.4, 0.5) is 0 Å². The van der Waals surface area contributed by atoms with Crippen molar-refractivity contribution in [3.05, 3.63) is 241 Å². The molecule has 0 saturated carbocycles. The highest BCUT2D eigenvalue weighted by atomic mass is 15.0. The Morgan fingerprint density at radius 1 is 0.403 bits per heavy atom. The summed E-state index contributed by atoms with van der Waals surface area (Å²) in [5.74, 6) is 2.35. The Bertz CT molecular complexity index is 4450. The van der Waals surface area contributed by atoms with Gasteiger partial charge in [0.25, 0.3) is 0 Å². The Labute approximate surface area is 445 Å². The molecule has 0 unspecified atom stereocenters. The van der Waals surface area contributed by atoms with Crippen LogP contribution in [-0.2, 0) is 10.8 Å². The van der Waals surface area contributed by atoms with Crippen molar-refractivity contribution in [3.63, 3.8) is 0 Å². The van der Waals surface area contributed by atoms with E-state index >= 15 is 0 Å². The zero-order valence-corrected chi connectivity index (χ0v) is 43.2. The zero-order chi connectivity index (χ0) is 52.2. The van der Waals surface area contributed by atoms with Crippen molar-refractivity contribution in [2.75, 3.05) is 0 Å². The first-order valence-corrected chi connectivity index (χ1v) is 25.9. The molecule has 5 aromatic heterocycles. The van der Waals surface area contributed by atoms with Gasteiger partial charge in [-0.2, -0.15) is 0 Å². The van der Waals surface area contributed by atoms with E-state index in [-0.39, 0.29) is 10.8 Å². The topological polar surface area (TPSA) is 115 Å². The first-order valence-electron chi connectivity index (χ1n) is 25.9. The van der Waals surface area contributed by atoms with Gasteiger partial charge in [0.1, 0.15) is 0 Å². The molecule has 77 heavy (non-hydrogen) atoms. The van der Waals surface area contributed by atoms with Crippen LogP contribution < -0.4 is 0 Å². The van der Waals surface area contributed by atoms with Crippen LogP contribution in [0, 0.1) is 0 Å². The molecule has 9 heteroatoms. The summed E-state index contributed by atoms with van der Waals surface area (Å²) in [6.45, 7) is 15.9. The minimum Gasteiger partial charge on any atom is -0.264 e. The van der Waals surface area contributed by atoms with E-state index in [0.717, 1.165) is 82.2 Å². The fraction of sp³-hybridized carbons (Fsp3) is 0.103. The number of nitrogens with zero attached hydrogens (tertiary/aromatic N) is 9. The molecule has 0 radical (unpaired) electrons. The molecular formula is C68H49N9. The molecule has 0 N–H and O–H groups in total. The van der Waals surface area contributed by atoms with E-state index in [1.165, 1.54) is 44.5 Å². The van der Waals surface area contributed by atoms with E-state index in [1.54, 1.807) is 0 Å². The number of benzene rings is 7. The summed E-state index contributed by atoms with van der Waals surface area (Å²) in [5, 5.41) is 8.28. The number of hydrogen-bond acceptors (Lipinski definition) is 8. The second-order valence-electron chi connectivity index (χ2n) is 21.2. The van der Waals surface area contributed by atoms with Gasteiger partial charge in [0.05, 0.1) is 5.70 Å². The maximum absolute atomic E-state index is 5.37. The standard InChI is InChI=1S/C68H49N9/c1-39(47-15-7-11-41-23-27-69-35-55(41)47)73-63(74-40(2)48-16-8-12-42-24-28-70-36-56(42)48)45-19-21-49-53-33-62-54(34-61(53)67(3,4)59(49)31-45)50-22-20-46(32-60(50)68(62,5)6)64-75-65(51-17-9-13-43-25-29-71-37-57(43)51)77-66(76-64)52-18-10-14-44-26-30-72-38-58(44)52/h7-38H,1H2,2-6H3. The number of fused-ring (bicyclic) bond motifs is 10. The summed E-state index contributed by atoms with van der Waals surface area (Å²) < 4.78 is 0. The van der Waals surface area contributed by atoms with Gasteiger partial charge in [-0.1, -0.05) is 131 Å². The van der Waals surface area contributed by atoms with Gasteiger partial charge in [-0.15, -0.1) is 0 Å². The molecule has 0 bridgehead atoms. The van der Waals surface area contributed by atoms with Crippen LogP contribution in [0.5, 0.6) is 0 Å². The van der Waals surface area contributed by atoms with Gasteiger partial charge in [0.2, 0.25) is 0 Å². The molecule has 7 aromatic carbocycles. The molecule has 0 saturated heterocycles. The number of amidine groups is 1. The van der Waals surface area contributed by atoms with Gasteiger partial charge < -0.3 is 0 Å². The summed E-state index contributed by atoms with van der Waals surface area (Å²) in [4.78, 5) is 44.3. The summed E-state index contributed by atoms with van der Waals surface area (Å²) in [7, 11) is 0. The van der Waals surface area contributed by atoms with E-state index in [1.807, 2.05) is 99.0 Å². The first kappa shape index (κ1) is 45.9. The average Bonchev–Trinajstić information content (AvgIpc) is 3.90. The highest BCUT2D eigenvalue weighted by molar-refractivity contribution is 6.17. The lowest BCUT2D eigenvalue weighted by molar-refractivity contribution is 0.652. The fourth-order valence-electron chi connectivity index (χ4n) is 12.0. The Morgan fingerprint density at radius 3 is 1.40 bits per heavy atom. The van der Waals surface area contributed by atoms with E-state index in [9.17, 15) is 0 Å². The first-order chi connectivity index (χ1) is 37.5. The molecule has 9 nitrogen and oxygen atoms in total. The zero-order valence-electron chi connectivity index (χ0n) is 43.2. The molecule has 2 aliphatic carbocycles. The van der Waals surface area contributed by atoms with Crippen molar-refractivity contribution < 1.29 is 0 Å². The second-order valence-corrected chi connectivity index (χ2v) is 21.2. The number of aromatic nitrogens is 7. The quantitative estimate of drug-likeness (QED) is 0.115. The van der Waals surface area contributed by atoms with E-state index in [2.05, 4.69) is 157 Å². The van der Waals surface area contributed by atoms with Gasteiger partial charge in [0.15, 0.2) is 23.3 Å². The predicted octanol–water partition coefficient (Wildman–Crippen LogP) is 15.6. The van der Waals surface area contributed by atoms with Crippen LogP contribution in [0.1, 0.15) is 73.6 Å². The molecule has 2 aliphatic rings. The maximum Gasteiger partial charge on any atom is 0.164 e. The molecule has 14 rings (SSSR count). The molecule has 0 spiro atoms. The second kappa shape index (κ2) is 17.4. The third kappa shape index (κ3) is 7.40. The summed E-state index contributed by atoms with van der Waals surface area (Å²) in [6, 6.07) is 51.3. The van der Waals surface area contributed by atoms with Gasteiger partial charge in [0, 0.05) is 121 Å². The van der Waals surface area contributed by atoms with E-state index < -0.39 is 0 Å². The molecule has 0 amide bonds. The predicted molar refractivity (Wildman–Crippen MR) is 313 cm³/mol. The van der Waals surface area contributed by atoms with Gasteiger partial charge >= 0.3 is 0 Å². The largest absolute Gasteiger partial charge is 0.264 e. The normalized spacial score (nSPS) is 14.2. The van der Waals surface area contributed by atoms with Gasteiger partial charge in [-0.3, -0.25) is 19.9 Å². The van der Waals surface area contributed by atoms with E-state index in [4.69, 9.17) is 24.9 Å². The number of pyridine rings is 4. The SMILES string of the molecule is C=C(N=C(N=C(C)c1cccc2ccncc12)c1ccc2c(c1)C(C)(C)c1cc3c(cc1-2)C(C)(C)c1cc(-c2nc(-c4cccc5ccncc45)nc(-c4cccc5ccncc45)n2)ccc1-3)c1cccc2ccncc12. The minimum absolute atomic E-state index is 0.343. The fourth-order valence-corrected chi connectivity index (χ4v) is 12.0. The lowest BCUT2D eigenvalue weighted by Crippen LogP contribution is -2.17. The molecule has 5 heterocycles. The highest BCUT2D eigenvalue weighted by Crippen LogP contribution is 2.56. The average molecular weight is 992 g/mol. The van der Waals surface area contributed by atoms with E-state index in [0.29, 0.717) is 29.0 Å². The molecular weight excluding hydrogens is 943 g/mol. The summed E-state index contributed by atoms with van der Waals surface area (Å²) >= 11 is 0. The van der Waals surface area contributed by atoms with Crippen molar-refractivity contribution >= 4 is 60.3 Å².